The predicted molar refractivity (Wildman–Crippen MR) is 87.9 cm³/mol. The van der Waals surface area contributed by atoms with Crippen molar-refractivity contribution in [2.75, 3.05) is 31.1 Å². The first-order valence-electron chi connectivity index (χ1n) is 7.26. The van der Waals surface area contributed by atoms with Gasteiger partial charge in [-0.25, -0.2) is 4.79 Å². The van der Waals surface area contributed by atoms with E-state index in [1.807, 2.05) is 0 Å². The maximum absolute atomic E-state index is 11.5. The molecule has 7 nitrogen and oxygen atoms in total. The molecule has 0 aliphatic carbocycles. The van der Waals surface area contributed by atoms with Gasteiger partial charge >= 0.3 is 6.09 Å². The molecule has 0 bridgehead atoms. The van der Waals surface area contributed by atoms with Gasteiger partial charge < -0.3 is 20.7 Å². The number of thioether (sulfide) groups is 1. The van der Waals surface area contributed by atoms with Crippen molar-refractivity contribution in [2.45, 2.75) is 39.7 Å². The maximum atomic E-state index is 11.5. The third kappa shape index (κ3) is 15.0. The summed E-state index contributed by atoms with van der Waals surface area (Å²) in [5.74, 6) is 0.860. The van der Waals surface area contributed by atoms with Crippen LogP contribution in [0.5, 0.6) is 0 Å². The second-order valence-electron chi connectivity index (χ2n) is 5.67. The molecular weight excluding hydrogens is 306 g/mol. The van der Waals surface area contributed by atoms with E-state index in [4.69, 9.17) is 4.74 Å². The monoisotopic (exact) mass is 333 g/mol. The molecule has 0 saturated carbocycles. The van der Waals surface area contributed by atoms with Crippen LogP contribution in [0.4, 0.5) is 4.79 Å². The fraction of sp³-hybridized carbons (Fsp3) is 0.786. The Kier molecular flexibility index (Phi) is 10.4. The molecule has 0 aromatic carbocycles. The zero-order valence-electron chi connectivity index (χ0n) is 13.8. The smallest absolute Gasteiger partial charge is 0.407 e. The molecule has 3 amide bonds. The van der Waals surface area contributed by atoms with E-state index in [9.17, 15) is 14.4 Å². The van der Waals surface area contributed by atoms with E-state index in [0.29, 0.717) is 37.6 Å². The number of carbonyl (C=O) groups is 3. The first-order valence-corrected chi connectivity index (χ1v) is 8.42. The molecule has 0 spiro atoms. The van der Waals surface area contributed by atoms with Crippen LogP contribution in [0.1, 0.15) is 34.1 Å². The Hall–Kier alpha value is -1.44. The van der Waals surface area contributed by atoms with Crippen LogP contribution in [0.2, 0.25) is 0 Å². The van der Waals surface area contributed by atoms with Crippen LogP contribution in [0, 0.1) is 0 Å². The van der Waals surface area contributed by atoms with Crippen LogP contribution in [-0.2, 0) is 14.3 Å². The van der Waals surface area contributed by atoms with Gasteiger partial charge in [-0.05, 0) is 27.2 Å². The molecule has 22 heavy (non-hydrogen) atoms. The Morgan fingerprint density at radius 3 is 2.23 bits per heavy atom. The molecule has 0 aliphatic rings. The highest BCUT2D eigenvalue weighted by Gasteiger charge is 2.15. The van der Waals surface area contributed by atoms with Gasteiger partial charge in [0.2, 0.25) is 11.8 Å². The van der Waals surface area contributed by atoms with Crippen LogP contribution in [0.3, 0.4) is 0 Å². The largest absolute Gasteiger partial charge is 0.444 e. The standard InChI is InChI=1S/C14H27N3O4S/c1-11(18)15-6-5-7-16-12(19)10-22-9-8-17-13(20)21-14(2,3)4/h5-10H2,1-4H3,(H,15,18)(H,16,19)(H,17,20). The summed E-state index contributed by atoms with van der Waals surface area (Å²) in [6.07, 6.45) is 0.256. The number of hydrogen-bond donors (Lipinski definition) is 3. The minimum atomic E-state index is -0.506. The molecule has 0 fully saturated rings. The summed E-state index contributed by atoms with van der Waals surface area (Å²) in [6.45, 7) is 8.42. The molecule has 3 N–H and O–H groups in total. The van der Waals surface area contributed by atoms with Gasteiger partial charge in [0.15, 0.2) is 0 Å². The van der Waals surface area contributed by atoms with E-state index >= 15 is 0 Å². The Bertz CT molecular complexity index is 370. The first kappa shape index (κ1) is 20.6. The average Bonchev–Trinajstić information content (AvgIpc) is 2.35. The highest BCUT2D eigenvalue weighted by molar-refractivity contribution is 7.99. The van der Waals surface area contributed by atoms with Gasteiger partial charge in [0.25, 0.3) is 0 Å². The van der Waals surface area contributed by atoms with Crippen LogP contribution < -0.4 is 16.0 Å². The van der Waals surface area contributed by atoms with E-state index in [0.717, 1.165) is 0 Å². The Labute approximate surface area is 136 Å². The summed E-state index contributed by atoms with van der Waals surface area (Å²) in [5.41, 5.74) is -0.506. The summed E-state index contributed by atoms with van der Waals surface area (Å²) in [4.78, 5) is 33.5. The van der Waals surface area contributed by atoms with Gasteiger partial charge in [0.1, 0.15) is 5.60 Å². The molecule has 0 aromatic rings. The number of rotatable bonds is 9. The molecule has 8 heteroatoms. The number of nitrogens with one attached hydrogen (secondary N) is 3. The topological polar surface area (TPSA) is 96.5 Å². The zero-order valence-corrected chi connectivity index (χ0v) is 14.6. The fourth-order valence-corrected chi connectivity index (χ4v) is 2.01. The molecule has 0 unspecified atom stereocenters. The average molecular weight is 333 g/mol. The number of carbonyl (C=O) groups excluding carboxylic acids is 3. The number of alkyl carbamates (subject to hydrolysis) is 1. The second kappa shape index (κ2) is 11.2. The normalized spacial score (nSPS) is 10.7. The summed E-state index contributed by atoms with van der Waals surface area (Å²) in [6, 6.07) is 0. The lowest BCUT2D eigenvalue weighted by Gasteiger charge is -2.19. The minimum Gasteiger partial charge on any atom is -0.444 e. The van der Waals surface area contributed by atoms with Crippen molar-refractivity contribution in [3.8, 4) is 0 Å². The van der Waals surface area contributed by atoms with Crippen molar-refractivity contribution in [1.82, 2.24) is 16.0 Å². The van der Waals surface area contributed by atoms with Crippen molar-refractivity contribution in [3.05, 3.63) is 0 Å². The Morgan fingerprint density at radius 2 is 1.64 bits per heavy atom. The SMILES string of the molecule is CC(=O)NCCCNC(=O)CSCCNC(=O)OC(C)(C)C. The van der Waals surface area contributed by atoms with Crippen LogP contribution in [0.15, 0.2) is 0 Å². The summed E-state index contributed by atoms with van der Waals surface area (Å²) >= 11 is 1.44. The van der Waals surface area contributed by atoms with Crippen molar-refractivity contribution < 1.29 is 19.1 Å². The van der Waals surface area contributed by atoms with Gasteiger partial charge in [0.05, 0.1) is 5.75 Å². The van der Waals surface area contributed by atoms with Gasteiger partial charge in [-0.3, -0.25) is 9.59 Å². The molecular formula is C14H27N3O4S. The first-order chi connectivity index (χ1) is 10.2. The quantitative estimate of drug-likeness (QED) is 0.545. The second-order valence-corrected chi connectivity index (χ2v) is 6.77. The lowest BCUT2D eigenvalue weighted by molar-refractivity contribution is -0.119. The highest BCUT2D eigenvalue weighted by Crippen LogP contribution is 2.06. The van der Waals surface area contributed by atoms with Crippen LogP contribution in [0.25, 0.3) is 0 Å². The minimum absolute atomic E-state index is 0.0508. The van der Waals surface area contributed by atoms with E-state index < -0.39 is 11.7 Å². The van der Waals surface area contributed by atoms with E-state index in [1.54, 1.807) is 20.8 Å². The van der Waals surface area contributed by atoms with E-state index in [-0.39, 0.29) is 11.8 Å². The van der Waals surface area contributed by atoms with Gasteiger partial charge in [-0.1, -0.05) is 0 Å². The zero-order chi connectivity index (χ0) is 17.0. The summed E-state index contributed by atoms with van der Waals surface area (Å²) in [7, 11) is 0. The lowest BCUT2D eigenvalue weighted by atomic mass is 10.2. The van der Waals surface area contributed by atoms with Gasteiger partial charge in [-0.2, -0.15) is 11.8 Å². The van der Waals surface area contributed by atoms with Gasteiger partial charge in [0, 0.05) is 32.3 Å². The molecule has 128 valence electrons. The van der Waals surface area contributed by atoms with Crippen LogP contribution >= 0.6 is 11.8 Å². The predicted octanol–water partition coefficient (Wildman–Crippen LogP) is 0.887. The third-order valence-corrected chi connectivity index (χ3v) is 3.16. The van der Waals surface area contributed by atoms with Crippen molar-refractivity contribution in [1.29, 1.82) is 0 Å². The number of ether oxygens (including phenoxy) is 1. The maximum Gasteiger partial charge on any atom is 0.407 e. The Balaban J connectivity index is 3.45. The van der Waals surface area contributed by atoms with Crippen LogP contribution in [-0.4, -0.2) is 54.6 Å². The van der Waals surface area contributed by atoms with Crippen molar-refractivity contribution in [3.63, 3.8) is 0 Å². The molecule has 0 aromatic heterocycles. The third-order valence-electron chi connectivity index (χ3n) is 2.20. The highest BCUT2D eigenvalue weighted by atomic mass is 32.2. The van der Waals surface area contributed by atoms with Crippen molar-refractivity contribution in [2.24, 2.45) is 0 Å². The number of hydrogen-bond acceptors (Lipinski definition) is 5. The molecule has 0 aliphatic heterocycles. The molecule has 0 rings (SSSR count). The summed E-state index contributed by atoms with van der Waals surface area (Å²) in [5, 5.41) is 8.05. The molecule has 0 saturated heterocycles. The van der Waals surface area contributed by atoms with E-state index in [2.05, 4.69) is 16.0 Å². The summed E-state index contributed by atoms with van der Waals surface area (Å²) < 4.78 is 5.09. The van der Waals surface area contributed by atoms with E-state index in [1.165, 1.54) is 18.7 Å². The molecule has 0 radical (unpaired) electrons. The van der Waals surface area contributed by atoms with Gasteiger partial charge in [-0.15, -0.1) is 0 Å². The number of amides is 3. The molecule has 0 heterocycles. The lowest BCUT2D eigenvalue weighted by Crippen LogP contribution is -2.34. The Morgan fingerprint density at radius 1 is 1.00 bits per heavy atom. The fourth-order valence-electron chi connectivity index (χ4n) is 1.34. The van der Waals surface area contributed by atoms with Crippen molar-refractivity contribution >= 4 is 29.7 Å². The molecule has 0 atom stereocenters.